The Kier molecular flexibility index (Phi) is 5.34. The van der Waals surface area contributed by atoms with Crippen molar-refractivity contribution < 1.29 is 12.8 Å². The van der Waals surface area contributed by atoms with E-state index in [1.807, 2.05) is 0 Å². The van der Waals surface area contributed by atoms with Gasteiger partial charge in [-0.15, -0.1) is 12.4 Å². The maximum absolute atomic E-state index is 13.1. The smallest absolute Gasteiger partial charge is 0.260 e. The molecule has 24 heavy (non-hydrogen) atoms. The zero-order valence-electron chi connectivity index (χ0n) is 13.4. The zero-order chi connectivity index (χ0) is 16.8. The number of aryl methyl sites for hydroxylation is 1. The lowest BCUT2D eigenvalue weighted by Crippen LogP contribution is -2.33. The van der Waals surface area contributed by atoms with Gasteiger partial charge < -0.3 is 10.3 Å². The molecule has 1 saturated heterocycles. The van der Waals surface area contributed by atoms with Crippen molar-refractivity contribution in [1.82, 2.24) is 13.9 Å². The van der Waals surface area contributed by atoms with Crippen LogP contribution in [0.25, 0.3) is 0 Å². The molecule has 0 saturated carbocycles. The second kappa shape index (κ2) is 6.79. The van der Waals surface area contributed by atoms with E-state index in [0.29, 0.717) is 5.82 Å². The molecule has 1 aliphatic heterocycles. The average Bonchev–Trinajstić information content (AvgIpc) is 3.05. The largest absolute Gasteiger partial charge is 0.326 e. The highest BCUT2D eigenvalue weighted by Gasteiger charge is 2.39. The molecule has 3 rings (SSSR count). The fourth-order valence-electron chi connectivity index (χ4n) is 2.90. The zero-order valence-corrected chi connectivity index (χ0v) is 15.0. The Bertz CT molecular complexity index is 822. The summed E-state index contributed by atoms with van der Waals surface area (Å²) in [4.78, 5) is 4.04. The van der Waals surface area contributed by atoms with Crippen LogP contribution in [0.2, 0.25) is 0 Å². The number of halogens is 2. The van der Waals surface area contributed by atoms with Gasteiger partial charge in [-0.3, -0.25) is 0 Å². The molecule has 0 unspecified atom stereocenters. The van der Waals surface area contributed by atoms with Crippen LogP contribution in [0.3, 0.4) is 0 Å². The minimum Gasteiger partial charge on any atom is -0.326 e. The van der Waals surface area contributed by atoms with Crippen molar-refractivity contribution in [3.8, 4) is 0 Å². The Morgan fingerprint density at radius 3 is 2.42 bits per heavy atom. The first-order chi connectivity index (χ1) is 10.8. The molecule has 1 aliphatic rings. The van der Waals surface area contributed by atoms with E-state index >= 15 is 0 Å². The first-order valence-corrected chi connectivity index (χ1v) is 8.74. The number of hydrogen-bond acceptors (Lipinski definition) is 4. The number of imidazole rings is 1. The monoisotopic (exact) mass is 374 g/mol. The number of hydrogen-bond donors (Lipinski definition) is 1. The first kappa shape index (κ1) is 18.9. The number of benzene rings is 1. The van der Waals surface area contributed by atoms with Gasteiger partial charge in [0.25, 0.3) is 10.0 Å². The van der Waals surface area contributed by atoms with E-state index in [2.05, 4.69) is 4.98 Å². The van der Waals surface area contributed by atoms with E-state index in [-0.39, 0.29) is 48.3 Å². The molecule has 0 amide bonds. The van der Waals surface area contributed by atoms with E-state index in [1.165, 1.54) is 22.6 Å². The van der Waals surface area contributed by atoms with Crippen molar-refractivity contribution in [2.45, 2.75) is 23.9 Å². The molecule has 0 spiro atoms. The molecular formula is C15H20ClFN4O2S. The van der Waals surface area contributed by atoms with Gasteiger partial charge in [0.1, 0.15) is 11.6 Å². The van der Waals surface area contributed by atoms with Gasteiger partial charge in [0, 0.05) is 32.1 Å². The number of nitrogens with two attached hydrogens (primary N) is 1. The minimum atomic E-state index is -3.65. The van der Waals surface area contributed by atoms with E-state index in [0.717, 1.165) is 5.56 Å². The number of rotatable bonds is 3. The molecular weight excluding hydrogens is 355 g/mol. The molecule has 9 heteroatoms. The van der Waals surface area contributed by atoms with Crippen molar-refractivity contribution in [1.29, 1.82) is 0 Å². The van der Waals surface area contributed by atoms with Gasteiger partial charge in [-0.25, -0.2) is 17.8 Å². The molecule has 1 fully saturated rings. The predicted molar refractivity (Wildman–Crippen MR) is 91.1 cm³/mol. The number of sulfonamides is 1. The topological polar surface area (TPSA) is 81.2 Å². The van der Waals surface area contributed by atoms with Crippen LogP contribution in [0.5, 0.6) is 0 Å². The Labute approximate surface area is 146 Å². The summed E-state index contributed by atoms with van der Waals surface area (Å²) in [6, 6.07) is 5.71. The molecule has 2 heterocycles. The van der Waals surface area contributed by atoms with E-state index in [9.17, 15) is 12.8 Å². The van der Waals surface area contributed by atoms with Gasteiger partial charge in [0.15, 0.2) is 5.03 Å². The summed E-state index contributed by atoms with van der Waals surface area (Å²) < 4.78 is 41.6. The van der Waals surface area contributed by atoms with Crippen LogP contribution in [-0.2, 0) is 17.1 Å². The summed E-state index contributed by atoms with van der Waals surface area (Å²) >= 11 is 0. The summed E-state index contributed by atoms with van der Waals surface area (Å²) in [5, 5.41) is 0.155. The molecule has 2 atom stereocenters. The lowest BCUT2D eigenvalue weighted by atomic mass is 9.95. The molecule has 0 radical (unpaired) electrons. The summed E-state index contributed by atoms with van der Waals surface area (Å²) in [6.07, 6.45) is 1.36. The lowest BCUT2D eigenvalue weighted by molar-refractivity contribution is 0.463. The summed E-state index contributed by atoms with van der Waals surface area (Å²) in [7, 11) is -1.98. The van der Waals surface area contributed by atoms with Crippen LogP contribution in [-0.4, -0.2) is 41.4 Å². The van der Waals surface area contributed by atoms with Crippen molar-refractivity contribution in [3.05, 3.63) is 47.7 Å². The van der Waals surface area contributed by atoms with Gasteiger partial charge >= 0.3 is 0 Å². The molecule has 1 aromatic carbocycles. The first-order valence-electron chi connectivity index (χ1n) is 7.30. The number of nitrogens with zero attached hydrogens (tertiary/aromatic N) is 3. The fraction of sp³-hybridized carbons (Fsp3) is 0.400. The molecule has 2 N–H and O–H groups in total. The molecule has 132 valence electrons. The van der Waals surface area contributed by atoms with Crippen LogP contribution >= 0.6 is 12.4 Å². The van der Waals surface area contributed by atoms with Gasteiger partial charge in [-0.05, 0) is 24.6 Å². The molecule has 2 aromatic rings. The highest BCUT2D eigenvalue weighted by atomic mass is 35.5. The third kappa shape index (κ3) is 3.19. The quantitative estimate of drug-likeness (QED) is 0.880. The molecule has 0 aliphatic carbocycles. The van der Waals surface area contributed by atoms with E-state index in [4.69, 9.17) is 5.73 Å². The van der Waals surface area contributed by atoms with Crippen molar-refractivity contribution >= 4 is 22.4 Å². The molecule has 1 aromatic heterocycles. The van der Waals surface area contributed by atoms with E-state index in [1.54, 1.807) is 30.7 Å². The second-order valence-electron chi connectivity index (χ2n) is 5.85. The summed E-state index contributed by atoms with van der Waals surface area (Å²) in [5.41, 5.74) is 6.98. The Balaban J connectivity index is 0.00000208. The Morgan fingerprint density at radius 2 is 1.88 bits per heavy atom. The van der Waals surface area contributed by atoms with Crippen LogP contribution < -0.4 is 5.73 Å². The number of aromatic nitrogens is 2. The minimum absolute atomic E-state index is 0. The molecule has 0 bridgehead atoms. The summed E-state index contributed by atoms with van der Waals surface area (Å²) in [5.74, 6) is 0.150. The van der Waals surface area contributed by atoms with Crippen molar-refractivity contribution in [2.75, 3.05) is 13.1 Å². The highest BCUT2D eigenvalue weighted by molar-refractivity contribution is 7.89. The summed E-state index contributed by atoms with van der Waals surface area (Å²) in [6.45, 7) is 2.25. The lowest BCUT2D eigenvalue weighted by Gasteiger charge is -2.16. The van der Waals surface area contributed by atoms with Crippen LogP contribution in [0.1, 0.15) is 17.3 Å². The Morgan fingerprint density at radius 1 is 1.25 bits per heavy atom. The van der Waals surface area contributed by atoms with Crippen LogP contribution in [0.4, 0.5) is 4.39 Å². The third-order valence-corrected chi connectivity index (χ3v) is 6.30. The normalized spacial score (nSPS) is 21.7. The van der Waals surface area contributed by atoms with Gasteiger partial charge in [-0.2, -0.15) is 4.31 Å². The van der Waals surface area contributed by atoms with Gasteiger partial charge in [-0.1, -0.05) is 12.1 Å². The third-order valence-electron chi connectivity index (χ3n) is 4.41. The van der Waals surface area contributed by atoms with Crippen LogP contribution in [0, 0.1) is 12.7 Å². The average molecular weight is 375 g/mol. The SMILES string of the molecule is Cc1ncc(S(=O)(=O)N2C[C@H](c3ccc(F)cc3)[C@@H](N)C2)n1C.Cl. The maximum Gasteiger partial charge on any atom is 0.260 e. The van der Waals surface area contributed by atoms with Gasteiger partial charge in [0.05, 0.1) is 6.20 Å². The Hall–Kier alpha value is -1.48. The van der Waals surface area contributed by atoms with E-state index < -0.39 is 10.0 Å². The predicted octanol–water partition coefficient (Wildman–Crippen LogP) is 1.40. The van der Waals surface area contributed by atoms with Crippen molar-refractivity contribution in [2.24, 2.45) is 12.8 Å². The highest BCUT2D eigenvalue weighted by Crippen LogP contribution is 2.30. The van der Waals surface area contributed by atoms with Crippen molar-refractivity contribution in [3.63, 3.8) is 0 Å². The molecule has 6 nitrogen and oxygen atoms in total. The van der Waals surface area contributed by atoms with Gasteiger partial charge in [0.2, 0.25) is 0 Å². The fourth-order valence-corrected chi connectivity index (χ4v) is 4.56. The van der Waals surface area contributed by atoms with Crippen LogP contribution in [0.15, 0.2) is 35.5 Å². The maximum atomic E-state index is 13.1. The standard InChI is InChI=1S/C15H19FN4O2S.ClH/c1-10-18-7-15(19(10)2)23(21,22)20-8-13(14(17)9-20)11-3-5-12(16)6-4-11;/h3-7,13-14H,8-9,17H2,1-2H3;1H/t13-,14+;/m1./s1. The second-order valence-corrected chi connectivity index (χ2v) is 7.73.